The van der Waals surface area contributed by atoms with Crippen molar-refractivity contribution in [2.24, 2.45) is 0 Å². The van der Waals surface area contributed by atoms with Crippen LogP contribution in [-0.2, 0) is 0 Å². The Morgan fingerprint density at radius 1 is 1.29 bits per heavy atom. The molecule has 0 fully saturated rings. The molecule has 0 aliphatic rings. The van der Waals surface area contributed by atoms with Crippen molar-refractivity contribution in [1.82, 2.24) is 4.98 Å². The summed E-state index contributed by atoms with van der Waals surface area (Å²) in [4.78, 5) is 3.25. The second-order valence-electron chi connectivity index (χ2n) is 3.38. The minimum absolute atomic E-state index is 1.15. The van der Waals surface area contributed by atoms with Gasteiger partial charge in [-0.25, -0.2) is 0 Å². The third-order valence-electron chi connectivity index (χ3n) is 2.30. The summed E-state index contributed by atoms with van der Waals surface area (Å²) in [6.07, 6.45) is 3.89. The molecular formula is C13H13N. The van der Waals surface area contributed by atoms with Crippen molar-refractivity contribution in [2.45, 2.75) is 6.92 Å². The molecule has 1 nitrogen and oxygen atoms in total. The van der Waals surface area contributed by atoms with E-state index in [1.807, 2.05) is 24.4 Å². The fourth-order valence-corrected chi connectivity index (χ4v) is 1.58. The normalized spacial score (nSPS) is 10.1. The molecule has 0 radical (unpaired) electrons. The molecule has 1 N–H and O–H groups in total. The number of aryl methyl sites for hydroxylation is 1. The lowest BCUT2D eigenvalue weighted by Crippen LogP contribution is -1.81. The summed E-state index contributed by atoms with van der Waals surface area (Å²) in [6.45, 7) is 5.89. The number of benzene rings is 1. The predicted molar refractivity (Wildman–Crippen MR) is 61.1 cm³/mol. The molecule has 0 bridgehead atoms. The zero-order chi connectivity index (χ0) is 9.97. The van der Waals surface area contributed by atoms with Gasteiger partial charge in [0.05, 0.1) is 0 Å². The minimum Gasteiger partial charge on any atom is -0.361 e. The molecular weight excluding hydrogens is 170 g/mol. The van der Waals surface area contributed by atoms with E-state index in [-0.39, 0.29) is 0 Å². The van der Waals surface area contributed by atoms with Crippen LogP contribution >= 0.6 is 0 Å². The summed E-state index contributed by atoms with van der Waals surface area (Å²) in [5.74, 6) is 0. The van der Waals surface area contributed by atoms with E-state index in [1.165, 1.54) is 11.1 Å². The van der Waals surface area contributed by atoms with Crippen LogP contribution < -0.4 is 0 Å². The highest BCUT2D eigenvalue weighted by Gasteiger charge is 2.02. The average molecular weight is 183 g/mol. The highest BCUT2D eigenvalue weighted by Crippen LogP contribution is 2.23. The molecule has 2 aromatic rings. The smallest absolute Gasteiger partial charge is 0.0462 e. The standard InChI is InChI=1S/C13H13N/c1-3-11-6-4-5-7-12(11)13-8-10(2)9-14-13/h3-9,14H,1H2,2H3. The number of aromatic nitrogens is 1. The van der Waals surface area contributed by atoms with E-state index in [0.717, 1.165) is 11.3 Å². The predicted octanol–water partition coefficient (Wildman–Crippen LogP) is 3.63. The molecule has 70 valence electrons. The molecule has 0 saturated carbocycles. The number of aromatic amines is 1. The Hall–Kier alpha value is -1.76. The molecule has 0 unspecified atom stereocenters. The molecule has 1 aromatic carbocycles. The Labute approximate surface area is 84.1 Å². The van der Waals surface area contributed by atoms with Crippen molar-refractivity contribution in [3.63, 3.8) is 0 Å². The van der Waals surface area contributed by atoms with Crippen LogP contribution in [-0.4, -0.2) is 4.98 Å². The van der Waals surface area contributed by atoms with Crippen molar-refractivity contribution in [3.8, 4) is 11.3 Å². The van der Waals surface area contributed by atoms with Crippen LogP contribution in [0.3, 0.4) is 0 Å². The van der Waals surface area contributed by atoms with Gasteiger partial charge in [-0.2, -0.15) is 0 Å². The van der Waals surface area contributed by atoms with Crippen molar-refractivity contribution >= 4 is 6.08 Å². The van der Waals surface area contributed by atoms with Crippen LogP contribution in [0.1, 0.15) is 11.1 Å². The van der Waals surface area contributed by atoms with Crippen molar-refractivity contribution in [1.29, 1.82) is 0 Å². The average Bonchev–Trinajstić information content (AvgIpc) is 2.65. The SMILES string of the molecule is C=Cc1ccccc1-c1cc(C)c[nH]1. The van der Waals surface area contributed by atoms with Gasteiger partial charge in [-0.3, -0.25) is 0 Å². The maximum atomic E-state index is 3.81. The lowest BCUT2D eigenvalue weighted by atomic mass is 10.0. The van der Waals surface area contributed by atoms with E-state index >= 15 is 0 Å². The quantitative estimate of drug-likeness (QED) is 0.731. The van der Waals surface area contributed by atoms with E-state index in [1.54, 1.807) is 0 Å². The third-order valence-corrected chi connectivity index (χ3v) is 2.30. The highest BCUT2D eigenvalue weighted by atomic mass is 14.7. The Kier molecular flexibility index (Phi) is 2.23. The zero-order valence-corrected chi connectivity index (χ0v) is 8.25. The molecule has 1 heterocycles. The molecule has 1 heteroatoms. The Bertz CT molecular complexity index is 452. The lowest BCUT2D eigenvalue weighted by Gasteiger charge is -2.02. The lowest BCUT2D eigenvalue weighted by molar-refractivity contribution is 1.38. The van der Waals surface area contributed by atoms with Gasteiger partial charge in [0.2, 0.25) is 0 Å². The van der Waals surface area contributed by atoms with Gasteiger partial charge in [-0.1, -0.05) is 36.9 Å². The monoisotopic (exact) mass is 183 g/mol. The first-order chi connectivity index (χ1) is 6.81. The zero-order valence-electron chi connectivity index (χ0n) is 8.25. The van der Waals surface area contributed by atoms with Gasteiger partial charge in [0, 0.05) is 17.5 Å². The molecule has 14 heavy (non-hydrogen) atoms. The number of rotatable bonds is 2. The topological polar surface area (TPSA) is 15.8 Å². The van der Waals surface area contributed by atoms with E-state index < -0.39 is 0 Å². The van der Waals surface area contributed by atoms with Crippen LogP contribution in [0.4, 0.5) is 0 Å². The van der Waals surface area contributed by atoms with E-state index in [0.29, 0.717) is 0 Å². The Balaban J connectivity index is 2.55. The van der Waals surface area contributed by atoms with Gasteiger partial charge in [-0.05, 0) is 24.1 Å². The molecule has 0 aliphatic heterocycles. The van der Waals surface area contributed by atoms with E-state index in [4.69, 9.17) is 0 Å². The highest BCUT2D eigenvalue weighted by molar-refractivity contribution is 5.72. The number of hydrogen-bond acceptors (Lipinski definition) is 0. The summed E-state index contributed by atoms with van der Waals surface area (Å²) in [5.41, 5.74) is 4.77. The van der Waals surface area contributed by atoms with Gasteiger partial charge in [0.15, 0.2) is 0 Å². The molecule has 0 saturated heterocycles. The first kappa shape index (κ1) is 8.82. The van der Waals surface area contributed by atoms with Gasteiger partial charge in [-0.15, -0.1) is 0 Å². The number of H-pyrrole nitrogens is 1. The van der Waals surface area contributed by atoms with Crippen molar-refractivity contribution in [3.05, 3.63) is 54.2 Å². The van der Waals surface area contributed by atoms with Crippen molar-refractivity contribution < 1.29 is 0 Å². The maximum absolute atomic E-state index is 3.81. The summed E-state index contributed by atoms with van der Waals surface area (Å²) in [7, 11) is 0. The fraction of sp³-hybridized carbons (Fsp3) is 0.0769. The van der Waals surface area contributed by atoms with Gasteiger partial charge in [0.25, 0.3) is 0 Å². The summed E-state index contributed by atoms with van der Waals surface area (Å²) < 4.78 is 0. The Morgan fingerprint density at radius 2 is 2.07 bits per heavy atom. The molecule has 2 rings (SSSR count). The van der Waals surface area contributed by atoms with Crippen LogP contribution in [0.5, 0.6) is 0 Å². The fourth-order valence-electron chi connectivity index (χ4n) is 1.58. The molecule has 0 amide bonds. The van der Waals surface area contributed by atoms with Gasteiger partial charge >= 0.3 is 0 Å². The first-order valence-corrected chi connectivity index (χ1v) is 4.68. The van der Waals surface area contributed by atoms with Gasteiger partial charge in [0.1, 0.15) is 0 Å². The second-order valence-corrected chi connectivity index (χ2v) is 3.38. The Morgan fingerprint density at radius 3 is 2.71 bits per heavy atom. The van der Waals surface area contributed by atoms with Crippen LogP contribution in [0.15, 0.2) is 43.1 Å². The molecule has 1 aromatic heterocycles. The van der Waals surface area contributed by atoms with Crippen LogP contribution in [0.2, 0.25) is 0 Å². The maximum Gasteiger partial charge on any atom is 0.0462 e. The molecule has 0 spiro atoms. The summed E-state index contributed by atoms with van der Waals surface area (Å²) in [6, 6.07) is 10.4. The van der Waals surface area contributed by atoms with E-state index in [2.05, 4.69) is 36.7 Å². The second kappa shape index (κ2) is 3.54. The van der Waals surface area contributed by atoms with Crippen LogP contribution in [0.25, 0.3) is 17.3 Å². The number of hydrogen-bond donors (Lipinski definition) is 1. The molecule has 0 aliphatic carbocycles. The van der Waals surface area contributed by atoms with Crippen molar-refractivity contribution in [2.75, 3.05) is 0 Å². The third kappa shape index (κ3) is 1.49. The number of nitrogens with one attached hydrogen (secondary N) is 1. The largest absolute Gasteiger partial charge is 0.361 e. The van der Waals surface area contributed by atoms with E-state index in [9.17, 15) is 0 Å². The van der Waals surface area contributed by atoms with Gasteiger partial charge < -0.3 is 4.98 Å². The minimum atomic E-state index is 1.15. The first-order valence-electron chi connectivity index (χ1n) is 4.68. The summed E-state index contributed by atoms with van der Waals surface area (Å²) >= 11 is 0. The summed E-state index contributed by atoms with van der Waals surface area (Å²) in [5, 5.41) is 0. The van der Waals surface area contributed by atoms with Crippen LogP contribution in [0, 0.1) is 6.92 Å². The molecule has 0 atom stereocenters.